The summed E-state index contributed by atoms with van der Waals surface area (Å²) in [4.78, 5) is 10.8. The van der Waals surface area contributed by atoms with Gasteiger partial charge < -0.3 is 4.90 Å². The Labute approximate surface area is 131 Å². The molecule has 2 aliphatic carbocycles. The van der Waals surface area contributed by atoms with Gasteiger partial charge in [0.1, 0.15) is 12.1 Å². The molecule has 22 heavy (non-hydrogen) atoms. The molecule has 0 radical (unpaired) electrons. The predicted octanol–water partition coefficient (Wildman–Crippen LogP) is 1.40. The van der Waals surface area contributed by atoms with Gasteiger partial charge in [0, 0.05) is 31.4 Å². The molecule has 1 aromatic rings. The highest BCUT2D eigenvalue weighted by Crippen LogP contribution is 2.37. The van der Waals surface area contributed by atoms with Gasteiger partial charge in [-0.15, -0.1) is 0 Å². The molecule has 0 aromatic carbocycles. The molecule has 7 heteroatoms. The van der Waals surface area contributed by atoms with E-state index in [4.69, 9.17) is 0 Å². The van der Waals surface area contributed by atoms with Crippen LogP contribution in [0.2, 0.25) is 0 Å². The van der Waals surface area contributed by atoms with Crippen LogP contribution >= 0.6 is 0 Å². The first-order valence-corrected chi connectivity index (χ1v) is 9.70. The SMILES string of the molecule is O=S(=O)(C1CC1)N1CCC(N(c2ccncn2)C2CC2)CC1. The van der Waals surface area contributed by atoms with E-state index >= 15 is 0 Å². The van der Waals surface area contributed by atoms with Gasteiger partial charge >= 0.3 is 0 Å². The van der Waals surface area contributed by atoms with Gasteiger partial charge in [0.05, 0.1) is 5.25 Å². The average molecular weight is 322 g/mol. The maximum absolute atomic E-state index is 12.3. The molecule has 3 fully saturated rings. The molecule has 2 heterocycles. The predicted molar refractivity (Wildman–Crippen MR) is 84.1 cm³/mol. The zero-order chi connectivity index (χ0) is 15.2. The maximum atomic E-state index is 12.3. The van der Waals surface area contributed by atoms with Gasteiger partial charge in [0.25, 0.3) is 0 Å². The summed E-state index contributed by atoms with van der Waals surface area (Å²) in [7, 11) is -3.02. The number of sulfonamides is 1. The van der Waals surface area contributed by atoms with Crippen LogP contribution in [0, 0.1) is 0 Å². The van der Waals surface area contributed by atoms with E-state index < -0.39 is 10.0 Å². The first-order valence-electron chi connectivity index (χ1n) is 8.19. The zero-order valence-electron chi connectivity index (χ0n) is 12.6. The van der Waals surface area contributed by atoms with Gasteiger partial charge in [-0.2, -0.15) is 0 Å². The fourth-order valence-corrected chi connectivity index (χ4v) is 5.29. The van der Waals surface area contributed by atoms with Crippen molar-refractivity contribution in [2.24, 2.45) is 0 Å². The van der Waals surface area contributed by atoms with Crippen molar-refractivity contribution in [1.82, 2.24) is 14.3 Å². The van der Waals surface area contributed by atoms with Crippen molar-refractivity contribution in [3.63, 3.8) is 0 Å². The Bertz CT molecular complexity index is 620. The van der Waals surface area contributed by atoms with Gasteiger partial charge in [-0.3, -0.25) is 0 Å². The normalized spacial score (nSPS) is 24.4. The van der Waals surface area contributed by atoms with E-state index in [-0.39, 0.29) is 5.25 Å². The molecule has 1 saturated heterocycles. The van der Waals surface area contributed by atoms with E-state index in [1.165, 1.54) is 12.8 Å². The van der Waals surface area contributed by atoms with Crippen molar-refractivity contribution in [2.75, 3.05) is 18.0 Å². The van der Waals surface area contributed by atoms with Crippen molar-refractivity contribution in [2.45, 2.75) is 55.9 Å². The highest BCUT2D eigenvalue weighted by atomic mass is 32.2. The zero-order valence-corrected chi connectivity index (χ0v) is 13.5. The van der Waals surface area contributed by atoms with Crippen LogP contribution in [0.3, 0.4) is 0 Å². The van der Waals surface area contributed by atoms with E-state index in [1.54, 1.807) is 16.8 Å². The van der Waals surface area contributed by atoms with E-state index in [9.17, 15) is 8.42 Å². The van der Waals surface area contributed by atoms with Crippen LogP contribution < -0.4 is 4.90 Å². The van der Waals surface area contributed by atoms with Gasteiger partial charge in [-0.25, -0.2) is 22.7 Å². The Morgan fingerprint density at radius 2 is 1.73 bits per heavy atom. The van der Waals surface area contributed by atoms with E-state index in [0.717, 1.165) is 31.5 Å². The summed E-state index contributed by atoms with van der Waals surface area (Å²) in [6.07, 6.45) is 9.28. The van der Waals surface area contributed by atoms with Crippen molar-refractivity contribution in [1.29, 1.82) is 0 Å². The summed E-state index contributed by atoms with van der Waals surface area (Å²) < 4.78 is 26.4. The van der Waals surface area contributed by atoms with Crippen LogP contribution in [0.1, 0.15) is 38.5 Å². The van der Waals surface area contributed by atoms with Crippen molar-refractivity contribution in [3.05, 3.63) is 18.6 Å². The summed E-state index contributed by atoms with van der Waals surface area (Å²) in [5, 5.41) is -0.0922. The topological polar surface area (TPSA) is 66.4 Å². The van der Waals surface area contributed by atoms with Crippen LogP contribution in [-0.2, 0) is 10.0 Å². The Balaban J connectivity index is 1.46. The molecule has 4 rings (SSSR count). The van der Waals surface area contributed by atoms with Crippen molar-refractivity contribution < 1.29 is 8.42 Å². The van der Waals surface area contributed by atoms with Crippen LogP contribution in [0.15, 0.2) is 18.6 Å². The second-order valence-electron chi connectivity index (χ2n) is 6.58. The van der Waals surface area contributed by atoms with Crippen LogP contribution in [0.5, 0.6) is 0 Å². The smallest absolute Gasteiger partial charge is 0.216 e. The van der Waals surface area contributed by atoms with Gasteiger partial charge in [0.2, 0.25) is 10.0 Å². The summed E-state index contributed by atoms with van der Waals surface area (Å²) >= 11 is 0. The Hall–Kier alpha value is -1.21. The number of nitrogens with zero attached hydrogens (tertiary/aromatic N) is 4. The molecule has 0 amide bonds. The molecule has 0 spiro atoms. The van der Waals surface area contributed by atoms with Crippen LogP contribution in [0.25, 0.3) is 0 Å². The van der Waals surface area contributed by atoms with E-state index in [2.05, 4.69) is 14.9 Å². The monoisotopic (exact) mass is 322 g/mol. The molecule has 1 aromatic heterocycles. The van der Waals surface area contributed by atoms with Gasteiger partial charge in [-0.05, 0) is 44.6 Å². The number of anilines is 1. The summed E-state index contributed by atoms with van der Waals surface area (Å²) in [6, 6.07) is 2.94. The molecular weight excluding hydrogens is 300 g/mol. The lowest BCUT2D eigenvalue weighted by molar-refractivity contribution is 0.307. The number of piperidine rings is 1. The average Bonchev–Trinajstić information content (AvgIpc) is 3.40. The summed E-state index contributed by atoms with van der Waals surface area (Å²) in [6.45, 7) is 1.30. The molecular formula is C15H22N4O2S. The second kappa shape index (κ2) is 5.45. The highest BCUT2D eigenvalue weighted by molar-refractivity contribution is 7.90. The molecule has 0 atom stereocenters. The molecule has 2 saturated carbocycles. The number of hydrogen-bond donors (Lipinski definition) is 0. The van der Waals surface area contributed by atoms with Gasteiger partial charge in [0.15, 0.2) is 0 Å². The van der Waals surface area contributed by atoms with Crippen molar-refractivity contribution >= 4 is 15.8 Å². The molecule has 0 unspecified atom stereocenters. The minimum atomic E-state index is -3.02. The lowest BCUT2D eigenvalue weighted by Crippen LogP contribution is -2.48. The lowest BCUT2D eigenvalue weighted by Gasteiger charge is -2.39. The molecule has 3 aliphatic rings. The second-order valence-corrected chi connectivity index (χ2v) is 8.79. The highest BCUT2D eigenvalue weighted by Gasteiger charge is 2.43. The van der Waals surface area contributed by atoms with Crippen molar-refractivity contribution in [3.8, 4) is 0 Å². The van der Waals surface area contributed by atoms with Crippen LogP contribution in [0.4, 0.5) is 5.82 Å². The Kier molecular flexibility index (Phi) is 3.57. The summed E-state index contributed by atoms with van der Waals surface area (Å²) in [5.41, 5.74) is 0. The van der Waals surface area contributed by atoms with Gasteiger partial charge in [-0.1, -0.05) is 0 Å². The largest absolute Gasteiger partial charge is 0.350 e. The maximum Gasteiger partial charge on any atom is 0.216 e. The van der Waals surface area contributed by atoms with E-state index in [1.807, 2.05) is 6.07 Å². The van der Waals surface area contributed by atoms with E-state index in [0.29, 0.717) is 25.2 Å². The number of rotatable bonds is 5. The third-order valence-corrected chi connectivity index (χ3v) is 7.29. The fraction of sp³-hybridized carbons (Fsp3) is 0.733. The minimum Gasteiger partial charge on any atom is -0.350 e. The number of hydrogen-bond acceptors (Lipinski definition) is 5. The molecule has 6 nitrogen and oxygen atoms in total. The lowest BCUT2D eigenvalue weighted by atomic mass is 10.0. The first kappa shape index (κ1) is 14.4. The molecule has 0 bridgehead atoms. The molecule has 1 aliphatic heterocycles. The Morgan fingerprint density at radius 3 is 2.27 bits per heavy atom. The molecule has 0 N–H and O–H groups in total. The quantitative estimate of drug-likeness (QED) is 0.820. The first-order chi connectivity index (χ1) is 10.7. The standard InChI is InChI=1S/C15H22N4O2S/c20-22(21,14-3-4-14)18-9-6-13(7-10-18)19(12-1-2-12)15-5-8-16-11-17-15/h5,8,11-14H,1-4,6-7,9-10H2. The fourth-order valence-electron chi connectivity index (χ4n) is 3.41. The minimum absolute atomic E-state index is 0.0922. The summed E-state index contributed by atoms with van der Waals surface area (Å²) in [5.74, 6) is 0.987. The third-order valence-electron chi connectivity index (χ3n) is 4.89. The molecule has 120 valence electrons. The Morgan fingerprint density at radius 1 is 1.05 bits per heavy atom. The van der Waals surface area contributed by atoms with Crippen LogP contribution in [-0.4, -0.2) is 53.1 Å². The number of aromatic nitrogens is 2. The third kappa shape index (κ3) is 2.72.